The monoisotopic (exact) mass is 501 g/mol. The maximum atomic E-state index is 14.6. The van der Waals surface area contributed by atoms with Crippen molar-refractivity contribution in [2.24, 2.45) is 0 Å². The van der Waals surface area contributed by atoms with Crippen molar-refractivity contribution in [3.05, 3.63) is 84.7 Å². The molecule has 3 rings (SSSR count). The molecule has 2 N–H and O–H groups in total. The van der Waals surface area contributed by atoms with Crippen molar-refractivity contribution in [1.29, 1.82) is 0 Å². The molecule has 0 aliphatic carbocycles. The van der Waals surface area contributed by atoms with E-state index in [2.05, 4.69) is 9.97 Å². The molecule has 3 aromatic rings. The van der Waals surface area contributed by atoms with Gasteiger partial charge in [-0.1, -0.05) is 17.5 Å². The summed E-state index contributed by atoms with van der Waals surface area (Å²) in [6.45, 7) is -1.02. The van der Waals surface area contributed by atoms with Gasteiger partial charge in [-0.15, -0.1) is 6.42 Å². The maximum absolute atomic E-state index is 14.6. The van der Waals surface area contributed by atoms with Gasteiger partial charge in [0.05, 0.1) is 25.0 Å². The van der Waals surface area contributed by atoms with E-state index in [4.69, 9.17) is 27.9 Å². The van der Waals surface area contributed by atoms with Crippen LogP contribution in [0.25, 0.3) is 0 Å². The van der Waals surface area contributed by atoms with Crippen molar-refractivity contribution in [3.8, 4) is 23.8 Å². The number of aromatic amines is 1. The fourth-order valence-corrected chi connectivity index (χ4v) is 3.02. The Kier molecular flexibility index (Phi) is 7.09. The number of aliphatic hydroxyl groups excluding tert-OH is 1. The molecule has 0 unspecified atom stereocenters. The standard InChI is InChI=1S/C21H13ClF5N3O4/c1-2-10-5-12(22)6-14(15(10)23)34-16-17(21(26,27)20(24)25)28-9-30(19(16)33)7-11-3-4-13(8-31)29-18(11)32/h1,3-6,9,20,31H,7-8H2,(H,29,32). The number of nitrogens with zero attached hydrogens (tertiary/aromatic N) is 2. The summed E-state index contributed by atoms with van der Waals surface area (Å²) < 4.78 is 74.6. The number of benzene rings is 1. The van der Waals surface area contributed by atoms with E-state index < -0.39 is 65.2 Å². The summed E-state index contributed by atoms with van der Waals surface area (Å²) >= 11 is 5.80. The molecule has 2 heterocycles. The van der Waals surface area contributed by atoms with Gasteiger partial charge in [-0.2, -0.15) is 8.78 Å². The van der Waals surface area contributed by atoms with Crippen molar-refractivity contribution in [1.82, 2.24) is 14.5 Å². The van der Waals surface area contributed by atoms with Gasteiger partial charge in [-0.3, -0.25) is 14.2 Å². The summed E-state index contributed by atoms with van der Waals surface area (Å²) in [5.74, 6) is -6.57. The fraction of sp³-hybridized carbons (Fsp3) is 0.190. The van der Waals surface area contributed by atoms with E-state index in [0.29, 0.717) is 10.9 Å². The van der Waals surface area contributed by atoms with Crippen molar-refractivity contribution in [3.63, 3.8) is 0 Å². The van der Waals surface area contributed by atoms with Gasteiger partial charge in [0.1, 0.15) is 0 Å². The van der Waals surface area contributed by atoms with E-state index in [1.54, 1.807) is 0 Å². The average Bonchev–Trinajstić information content (AvgIpc) is 2.79. The van der Waals surface area contributed by atoms with E-state index in [1.165, 1.54) is 12.1 Å². The predicted octanol–water partition coefficient (Wildman–Crippen LogP) is 3.40. The number of halogens is 6. The van der Waals surface area contributed by atoms with E-state index >= 15 is 0 Å². The second kappa shape index (κ2) is 9.66. The number of nitrogens with one attached hydrogen (secondary N) is 1. The highest BCUT2D eigenvalue weighted by Crippen LogP contribution is 2.39. The third-order valence-corrected chi connectivity index (χ3v) is 4.74. The van der Waals surface area contributed by atoms with Crippen LogP contribution in [0.15, 0.2) is 40.2 Å². The van der Waals surface area contributed by atoms with Crippen LogP contribution in [0, 0.1) is 18.2 Å². The normalized spacial score (nSPS) is 11.5. The Hall–Kier alpha value is -3.69. The Balaban J connectivity index is 2.18. The van der Waals surface area contributed by atoms with Crippen LogP contribution in [0.1, 0.15) is 22.5 Å². The second-order valence-electron chi connectivity index (χ2n) is 6.79. The third-order valence-electron chi connectivity index (χ3n) is 4.52. The Labute approximate surface area is 192 Å². The largest absolute Gasteiger partial charge is 0.446 e. The molecule has 0 amide bonds. The molecule has 0 saturated carbocycles. The molecule has 7 nitrogen and oxygen atoms in total. The van der Waals surface area contributed by atoms with Crippen molar-refractivity contribution >= 4 is 11.6 Å². The summed E-state index contributed by atoms with van der Waals surface area (Å²) in [4.78, 5) is 30.6. The first-order chi connectivity index (χ1) is 16.0. The lowest BCUT2D eigenvalue weighted by Crippen LogP contribution is -2.32. The Morgan fingerprint density at radius 1 is 1.29 bits per heavy atom. The first kappa shape index (κ1) is 24.9. The van der Waals surface area contributed by atoms with Crippen LogP contribution in [-0.2, 0) is 19.1 Å². The van der Waals surface area contributed by atoms with Gasteiger partial charge in [0.15, 0.2) is 17.3 Å². The zero-order chi connectivity index (χ0) is 25.2. The summed E-state index contributed by atoms with van der Waals surface area (Å²) in [6.07, 6.45) is 1.38. The molecule has 178 valence electrons. The van der Waals surface area contributed by atoms with Gasteiger partial charge in [0.2, 0.25) is 5.75 Å². The number of H-pyrrole nitrogens is 1. The van der Waals surface area contributed by atoms with Crippen LogP contribution in [0.5, 0.6) is 11.5 Å². The van der Waals surface area contributed by atoms with Crippen LogP contribution in [0.3, 0.4) is 0 Å². The molecular weight excluding hydrogens is 489 g/mol. The SMILES string of the molecule is C#Cc1cc(Cl)cc(Oc2c(C(F)(F)C(F)F)ncn(Cc3ccc(CO)[nH]c3=O)c2=O)c1F. The lowest BCUT2D eigenvalue weighted by Gasteiger charge is -2.19. The van der Waals surface area contributed by atoms with Crippen LogP contribution < -0.4 is 15.9 Å². The highest BCUT2D eigenvalue weighted by Gasteiger charge is 2.48. The number of pyridine rings is 1. The van der Waals surface area contributed by atoms with Gasteiger partial charge < -0.3 is 14.8 Å². The van der Waals surface area contributed by atoms with Gasteiger partial charge in [-0.25, -0.2) is 18.2 Å². The molecule has 0 aliphatic rings. The summed E-state index contributed by atoms with van der Waals surface area (Å²) in [5, 5.41) is 8.87. The summed E-state index contributed by atoms with van der Waals surface area (Å²) in [7, 11) is 0. The third kappa shape index (κ3) is 4.80. The van der Waals surface area contributed by atoms with Gasteiger partial charge in [0, 0.05) is 22.3 Å². The molecule has 13 heteroatoms. The maximum Gasteiger partial charge on any atom is 0.352 e. The molecule has 1 aromatic carbocycles. The van der Waals surface area contributed by atoms with E-state index in [-0.39, 0.29) is 16.3 Å². The van der Waals surface area contributed by atoms with E-state index in [0.717, 1.165) is 12.1 Å². The first-order valence-corrected chi connectivity index (χ1v) is 9.58. The molecular formula is C21H13ClF5N3O4. The second-order valence-corrected chi connectivity index (χ2v) is 7.22. The molecule has 34 heavy (non-hydrogen) atoms. The number of terminal acetylenes is 1. The molecule has 2 aromatic heterocycles. The number of aromatic nitrogens is 3. The van der Waals surface area contributed by atoms with Crippen molar-refractivity contribution < 1.29 is 31.8 Å². The molecule has 0 atom stereocenters. The minimum Gasteiger partial charge on any atom is -0.446 e. The van der Waals surface area contributed by atoms with Gasteiger partial charge in [0.25, 0.3) is 11.1 Å². The molecule has 0 saturated heterocycles. The average molecular weight is 502 g/mol. The zero-order valence-corrected chi connectivity index (χ0v) is 17.5. The Morgan fingerprint density at radius 2 is 2.00 bits per heavy atom. The van der Waals surface area contributed by atoms with Crippen molar-refractivity contribution in [2.45, 2.75) is 25.5 Å². The molecule has 0 aliphatic heterocycles. The number of hydrogen-bond acceptors (Lipinski definition) is 5. The highest BCUT2D eigenvalue weighted by atomic mass is 35.5. The van der Waals surface area contributed by atoms with Gasteiger partial charge >= 0.3 is 12.3 Å². The van der Waals surface area contributed by atoms with Crippen LogP contribution in [-0.4, -0.2) is 26.1 Å². The van der Waals surface area contributed by atoms with E-state index in [1.807, 2.05) is 5.92 Å². The number of aliphatic hydroxyl groups is 1. The minimum atomic E-state index is -4.95. The number of hydrogen-bond donors (Lipinski definition) is 2. The molecule has 0 radical (unpaired) electrons. The van der Waals surface area contributed by atoms with E-state index in [9.17, 15) is 31.5 Å². The molecule has 0 fully saturated rings. The van der Waals surface area contributed by atoms with Crippen LogP contribution in [0.4, 0.5) is 22.0 Å². The fourth-order valence-electron chi connectivity index (χ4n) is 2.81. The van der Waals surface area contributed by atoms with Crippen molar-refractivity contribution in [2.75, 3.05) is 0 Å². The summed E-state index contributed by atoms with van der Waals surface area (Å²) in [6, 6.07) is 4.39. The zero-order valence-electron chi connectivity index (χ0n) is 16.8. The minimum absolute atomic E-state index is 0.0658. The predicted molar refractivity (Wildman–Crippen MR) is 110 cm³/mol. The Bertz CT molecular complexity index is 1400. The van der Waals surface area contributed by atoms with Crippen LogP contribution in [0.2, 0.25) is 5.02 Å². The first-order valence-electron chi connectivity index (χ1n) is 9.20. The topological polar surface area (TPSA) is 97.2 Å². The number of alkyl halides is 4. The van der Waals surface area contributed by atoms with Crippen LogP contribution >= 0.6 is 11.6 Å². The smallest absolute Gasteiger partial charge is 0.352 e. The number of ether oxygens (including phenoxy) is 1. The summed E-state index contributed by atoms with van der Waals surface area (Å²) in [5.41, 5.74) is -4.24. The molecule has 0 bridgehead atoms. The number of rotatable bonds is 7. The molecule has 0 spiro atoms. The highest BCUT2D eigenvalue weighted by molar-refractivity contribution is 6.30. The Morgan fingerprint density at radius 3 is 2.59 bits per heavy atom. The quantitative estimate of drug-likeness (QED) is 0.382. The lowest BCUT2D eigenvalue weighted by molar-refractivity contribution is -0.139. The lowest BCUT2D eigenvalue weighted by atomic mass is 10.2. The van der Waals surface area contributed by atoms with Gasteiger partial charge in [-0.05, 0) is 18.2 Å².